The molecule has 0 aromatic heterocycles. The summed E-state index contributed by atoms with van der Waals surface area (Å²) >= 11 is 0. The predicted molar refractivity (Wildman–Crippen MR) is 55.4 cm³/mol. The molecule has 0 bridgehead atoms. The van der Waals surface area contributed by atoms with Crippen LogP contribution in [0, 0.1) is 5.92 Å². The van der Waals surface area contributed by atoms with Gasteiger partial charge in [0.1, 0.15) is 5.75 Å². The van der Waals surface area contributed by atoms with E-state index >= 15 is 0 Å². The molecule has 0 amide bonds. The number of benzene rings is 1. The van der Waals surface area contributed by atoms with Crippen LogP contribution in [0.4, 0.5) is 0 Å². The van der Waals surface area contributed by atoms with Gasteiger partial charge < -0.3 is 4.74 Å². The zero-order valence-electron chi connectivity index (χ0n) is 8.44. The van der Waals surface area contributed by atoms with Crippen molar-refractivity contribution in [2.45, 2.75) is 12.5 Å². The molecule has 0 N–H and O–H groups in total. The topological polar surface area (TPSA) is 12.5 Å². The number of rotatable bonds is 0. The Bertz CT molecular complexity index is 350. The van der Waals surface area contributed by atoms with Gasteiger partial charge in [-0.05, 0) is 26.1 Å². The van der Waals surface area contributed by atoms with Crippen LogP contribution >= 0.6 is 0 Å². The first-order valence-electron chi connectivity index (χ1n) is 5.28. The van der Waals surface area contributed by atoms with Gasteiger partial charge in [0.15, 0.2) is 0 Å². The monoisotopic (exact) mass is 189 g/mol. The highest BCUT2D eigenvalue weighted by Crippen LogP contribution is 2.43. The van der Waals surface area contributed by atoms with Gasteiger partial charge in [0, 0.05) is 17.5 Å². The number of hydrogen-bond donors (Lipinski definition) is 0. The van der Waals surface area contributed by atoms with E-state index in [1.54, 1.807) is 0 Å². The molecule has 74 valence electrons. The first-order chi connectivity index (χ1) is 6.86. The van der Waals surface area contributed by atoms with Crippen molar-refractivity contribution in [2.75, 3.05) is 20.2 Å². The molecule has 2 nitrogen and oxygen atoms in total. The van der Waals surface area contributed by atoms with Crippen LogP contribution in [0.2, 0.25) is 0 Å². The zero-order valence-corrected chi connectivity index (χ0v) is 8.44. The van der Waals surface area contributed by atoms with E-state index in [-0.39, 0.29) is 0 Å². The van der Waals surface area contributed by atoms with E-state index in [0.717, 1.165) is 12.4 Å². The summed E-state index contributed by atoms with van der Waals surface area (Å²) in [6, 6.07) is 9.04. The Labute approximate surface area is 84.5 Å². The van der Waals surface area contributed by atoms with Crippen LogP contribution in [0.15, 0.2) is 24.3 Å². The summed E-state index contributed by atoms with van der Waals surface area (Å²) in [7, 11) is 2.22. The smallest absolute Gasteiger partial charge is 0.124 e. The largest absolute Gasteiger partial charge is 0.493 e. The van der Waals surface area contributed by atoms with Crippen LogP contribution in [-0.2, 0) is 0 Å². The zero-order chi connectivity index (χ0) is 9.54. The van der Waals surface area contributed by atoms with Gasteiger partial charge in [-0.1, -0.05) is 18.2 Å². The summed E-state index contributed by atoms with van der Waals surface area (Å²) in [5.74, 6) is 1.79. The summed E-state index contributed by atoms with van der Waals surface area (Å²) in [5, 5.41) is 0. The fourth-order valence-corrected chi connectivity index (χ4v) is 2.75. The highest BCUT2D eigenvalue weighted by atomic mass is 16.5. The maximum Gasteiger partial charge on any atom is 0.124 e. The van der Waals surface area contributed by atoms with Crippen molar-refractivity contribution in [1.82, 2.24) is 4.90 Å². The second kappa shape index (κ2) is 2.99. The summed E-state index contributed by atoms with van der Waals surface area (Å²) in [6.07, 6.45) is 1.27. The maximum atomic E-state index is 5.76. The van der Waals surface area contributed by atoms with Gasteiger partial charge in [0.25, 0.3) is 0 Å². The first-order valence-corrected chi connectivity index (χ1v) is 5.28. The van der Waals surface area contributed by atoms with Crippen LogP contribution in [0.1, 0.15) is 18.0 Å². The number of hydrogen-bond acceptors (Lipinski definition) is 2. The molecule has 0 radical (unpaired) electrons. The molecule has 0 saturated carbocycles. The molecule has 2 aliphatic heterocycles. The molecule has 14 heavy (non-hydrogen) atoms. The highest BCUT2D eigenvalue weighted by Gasteiger charge is 2.37. The minimum atomic E-state index is 0.597. The van der Waals surface area contributed by atoms with Gasteiger partial charge in [-0.2, -0.15) is 0 Å². The molecule has 2 atom stereocenters. The van der Waals surface area contributed by atoms with Crippen molar-refractivity contribution >= 4 is 0 Å². The van der Waals surface area contributed by atoms with Gasteiger partial charge in [-0.3, -0.25) is 4.90 Å². The lowest BCUT2D eigenvalue weighted by Gasteiger charge is -2.31. The van der Waals surface area contributed by atoms with Gasteiger partial charge >= 0.3 is 0 Å². The van der Waals surface area contributed by atoms with Crippen LogP contribution in [0.25, 0.3) is 0 Å². The van der Waals surface area contributed by atoms with E-state index in [0.29, 0.717) is 12.0 Å². The standard InChI is InChI=1S/C12H15NO/c1-13-7-6-9-8-14-11-5-3-2-4-10(11)12(9)13/h2-5,9,12H,6-8H2,1H3/t9-,12?/m0/s1. The molecule has 1 aromatic rings. The third kappa shape index (κ3) is 1.07. The van der Waals surface area contributed by atoms with Crippen molar-refractivity contribution in [2.24, 2.45) is 5.92 Å². The van der Waals surface area contributed by atoms with E-state index in [9.17, 15) is 0 Å². The van der Waals surface area contributed by atoms with E-state index in [2.05, 4.69) is 30.1 Å². The Kier molecular flexibility index (Phi) is 1.77. The van der Waals surface area contributed by atoms with E-state index in [4.69, 9.17) is 4.74 Å². The van der Waals surface area contributed by atoms with Crippen molar-refractivity contribution in [3.8, 4) is 5.75 Å². The average Bonchev–Trinajstić information content (AvgIpc) is 2.61. The molecule has 3 rings (SSSR count). The van der Waals surface area contributed by atoms with E-state index in [1.165, 1.54) is 18.5 Å². The Balaban J connectivity index is 2.07. The second-order valence-electron chi connectivity index (χ2n) is 4.32. The van der Waals surface area contributed by atoms with Gasteiger partial charge in [0.05, 0.1) is 6.61 Å². The molecule has 1 aromatic carbocycles. The lowest BCUT2D eigenvalue weighted by atomic mass is 9.92. The SMILES string of the molecule is CN1CC[C@H]2COc3ccccc3C21. The van der Waals surface area contributed by atoms with E-state index in [1.807, 2.05) is 6.07 Å². The number of likely N-dealkylation sites (tertiary alicyclic amines) is 1. The van der Waals surface area contributed by atoms with Crippen LogP contribution in [0.3, 0.4) is 0 Å². The highest BCUT2D eigenvalue weighted by molar-refractivity contribution is 5.38. The average molecular weight is 189 g/mol. The van der Waals surface area contributed by atoms with Gasteiger partial charge in [-0.25, -0.2) is 0 Å². The molecule has 1 fully saturated rings. The molecule has 1 unspecified atom stereocenters. The second-order valence-corrected chi connectivity index (χ2v) is 4.32. The third-order valence-electron chi connectivity index (χ3n) is 3.46. The van der Waals surface area contributed by atoms with E-state index < -0.39 is 0 Å². The molecule has 2 aliphatic rings. The fraction of sp³-hybridized carbons (Fsp3) is 0.500. The minimum Gasteiger partial charge on any atom is -0.493 e. The summed E-state index contributed by atoms with van der Waals surface area (Å²) in [5.41, 5.74) is 1.38. The van der Waals surface area contributed by atoms with Crippen molar-refractivity contribution < 1.29 is 4.74 Å². The number of ether oxygens (including phenoxy) is 1. The Morgan fingerprint density at radius 3 is 3.14 bits per heavy atom. The van der Waals surface area contributed by atoms with Crippen LogP contribution in [0.5, 0.6) is 5.75 Å². The lowest BCUT2D eigenvalue weighted by Crippen LogP contribution is -2.28. The van der Waals surface area contributed by atoms with Crippen molar-refractivity contribution in [3.63, 3.8) is 0 Å². The quantitative estimate of drug-likeness (QED) is 0.619. The molecular weight excluding hydrogens is 174 g/mol. The normalized spacial score (nSPS) is 30.6. The summed E-state index contributed by atoms with van der Waals surface area (Å²) in [4.78, 5) is 2.45. The Hall–Kier alpha value is -1.02. The number of para-hydroxylation sites is 1. The van der Waals surface area contributed by atoms with Crippen molar-refractivity contribution in [3.05, 3.63) is 29.8 Å². The molecule has 2 heteroatoms. The number of fused-ring (bicyclic) bond motifs is 3. The van der Waals surface area contributed by atoms with Gasteiger partial charge in [-0.15, -0.1) is 0 Å². The van der Waals surface area contributed by atoms with Gasteiger partial charge in [0.2, 0.25) is 0 Å². The molecule has 0 aliphatic carbocycles. The first kappa shape index (κ1) is 8.30. The predicted octanol–water partition coefficient (Wildman–Crippen LogP) is 2.07. The number of nitrogens with zero attached hydrogens (tertiary/aromatic N) is 1. The molecule has 0 spiro atoms. The van der Waals surface area contributed by atoms with Crippen LogP contribution < -0.4 is 4.74 Å². The molecule has 2 heterocycles. The minimum absolute atomic E-state index is 0.597. The summed E-state index contributed by atoms with van der Waals surface area (Å²) < 4.78 is 5.76. The van der Waals surface area contributed by atoms with Crippen LogP contribution in [-0.4, -0.2) is 25.1 Å². The molecule has 1 saturated heterocycles. The fourth-order valence-electron chi connectivity index (χ4n) is 2.75. The Morgan fingerprint density at radius 1 is 1.36 bits per heavy atom. The lowest BCUT2D eigenvalue weighted by molar-refractivity contribution is 0.164. The third-order valence-corrected chi connectivity index (χ3v) is 3.46. The Morgan fingerprint density at radius 2 is 2.21 bits per heavy atom. The maximum absolute atomic E-state index is 5.76. The van der Waals surface area contributed by atoms with Crippen molar-refractivity contribution in [1.29, 1.82) is 0 Å². The molecular formula is C12H15NO. The summed E-state index contributed by atoms with van der Waals surface area (Å²) in [6.45, 7) is 2.10.